The number of ether oxygens (including phenoxy) is 2. The van der Waals surface area contributed by atoms with Crippen LogP contribution >= 0.6 is 0 Å². The Balaban J connectivity index is 3.18. The van der Waals surface area contributed by atoms with Gasteiger partial charge in [-0.05, 0) is 12.1 Å². The van der Waals surface area contributed by atoms with Crippen LogP contribution in [-0.2, 0) is 26.0 Å². The maximum atomic E-state index is 12.8. The highest BCUT2D eigenvalue weighted by atomic mass is 32.2. The Labute approximate surface area is 142 Å². The van der Waals surface area contributed by atoms with Crippen LogP contribution in [0.25, 0.3) is 0 Å². The molecule has 0 heterocycles. The molecule has 0 fully saturated rings. The van der Waals surface area contributed by atoms with Crippen molar-refractivity contribution in [1.82, 2.24) is 0 Å². The normalized spacial score (nSPS) is 13.2. The highest BCUT2D eigenvalue weighted by Gasteiger charge is 2.45. The van der Waals surface area contributed by atoms with Crippen LogP contribution in [0.3, 0.4) is 0 Å². The molecule has 1 aromatic rings. The van der Waals surface area contributed by atoms with Crippen molar-refractivity contribution in [1.29, 1.82) is 0 Å². The first-order chi connectivity index (χ1) is 11.3. The zero-order valence-corrected chi connectivity index (χ0v) is 14.0. The van der Waals surface area contributed by atoms with Crippen molar-refractivity contribution < 1.29 is 45.2 Å². The third-order valence-electron chi connectivity index (χ3n) is 2.90. The second kappa shape index (κ2) is 7.87. The number of esters is 2. The highest BCUT2D eigenvalue weighted by molar-refractivity contribution is 7.85. The zero-order chi connectivity index (χ0) is 19.4. The number of hydrogen-bond acceptors (Lipinski definition) is 6. The standard InChI is InChI=1S/C13H14BF3O7S/c1-7(18)23-10-4-8(5-14)2-3-9(10)12(19)24-11(13(15,16)17)6-25(20,21)22/h2-4,11H,5-6,14H2,1H3,(H,20,21,22). The van der Waals surface area contributed by atoms with Gasteiger partial charge < -0.3 is 9.47 Å². The Kier molecular flexibility index (Phi) is 6.60. The first kappa shape index (κ1) is 21.0. The van der Waals surface area contributed by atoms with Crippen LogP contribution in [0.5, 0.6) is 5.75 Å². The van der Waals surface area contributed by atoms with Crippen molar-refractivity contribution in [3.8, 4) is 5.75 Å². The smallest absolute Gasteiger partial charge is 0.426 e. The molecule has 25 heavy (non-hydrogen) atoms. The summed E-state index contributed by atoms with van der Waals surface area (Å²) in [5, 5.41) is 0. The number of carbonyl (C=O) groups excluding carboxylic acids is 2. The van der Waals surface area contributed by atoms with Gasteiger partial charge in [0.2, 0.25) is 6.10 Å². The molecule has 7 nitrogen and oxygen atoms in total. The van der Waals surface area contributed by atoms with Gasteiger partial charge in [0.25, 0.3) is 10.1 Å². The predicted octanol–water partition coefficient (Wildman–Crippen LogP) is 0.721. The lowest BCUT2D eigenvalue weighted by atomic mass is 9.96. The van der Waals surface area contributed by atoms with Crippen LogP contribution in [0.2, 0.25) is 0 Å². The molecule has 0 radical (unpaired) electrons. The van der Waals surface area contributed by atoms with Crippen LogP contribution in [-0.4, -0.2) is 50.8 Å². The molecular weight excluding hydrogens is 368 g/mol. The van der Waals surface area contributed by atoms with Gasteiger partial charge in [-0.2, -0.15) is 21.6 Å². The number of carbonyl (C=O) groups is 2. The molecule has 0 aliphatic heterocycles. The van der Waals surface area contributed by atoms with Crippen LogP contribution in [0.4, 0.5) is 13.2 Å². The van der Waals surface area contributed by atoms with Crippen molar-refractivity contribution in [2.24, 2.45) is 0 Å². The first-order valence-electron chi connectivity index (χ1n) is 6.87. The maximum Gasteiger partial charge on any atom is 0.426 e. The van der Waals surface area contributed by atoms with E-state index in [1.807, 2.05) is 0 Å². The van der Waals surface area contributed by atoms with Gasteiger partial charge in [0.15, 0.2) is 0 Å². The number of halogens is 3. The topological polar surface area (TPSA) is 107 Å². The van der Waals surface area contributed by atoms with E-state index in [9.17, 15) is 31.2 Å². The molecule has 12 heteroatoms. The van der Waals surface area contributed by atoms with E-state index in [2.05, 4.69) is 4.74 Å². The summed E-state index contributed by atoms with van der Waals surface area (Å²) in [6, 6.07) is 3.79. The second-order valence-corrected chi connectivity index (χ2v) is 6.46. The van der Waals surface area contributed by atoms with Crippen LogP contribution in [0.15, 0.2) is 18.2 Å². The molecule has 1 N–H and O–H groups in total. The summed E-state index contributed by atoms with van der Waals surface area (Å²) in [6.07, 6.45) is -7.81. The maximum absolute atomic E-state index is 12.8. The predicted molar refractivity (Wildman–Crippen MR) is 81.7 cm³/mol. The van der Waals surface area contributed by atoms with E-state index in [1.165, 1.54) is 12.1 Å². The van der Waals surface area contributed by atoms with Gasteiger partial charge in [0.1, 0.15) is 24.9 Å². The van der Waals surface area contributed by atoms with Gasteiger partial charge in [-0.1, -0.05) is 17.9 Å². The first-order valence-corrected chi connectivity index (χ1v) is 8.48. The second-order valence-electron chi connectivity index (χ2n) is 4.96. The Hall–Kier alpha value is -2.08. The van der Waals surface area contributed by atoms with E-state index < -0.39 is 45.7 Å². The fraction of sp³-hybridized carbons (Fsp3) is 0.385. The molecular formula is C13H14BF3O7S. The van der Waals surface area contributed by atoms with Gasteiger partial charge in [-0.15, -0.1) is 0 Å². The molecule has 0 saturated carbocycles. The minimum absolute atomic E-state index is 0.315. The lowest BCUT2D eigenvalue weighted by Gasteiger charge is -2.20. The lowest BCUT2D eigenvalue weighted by Crippen LogP contribution is -2.39. The number of rotatable bonds is 6. The largest absolute Gasteiger partial charge is 0.448 e. The molecule has 0 saturated heterocycles. The van der Waals surface area contributed by atoms with Gasteiger partial charge in [-0.25, -0.2) is 4.79 Å². The fourth-order valence-electron chi connectivity index (χ4n) is 1.77. The van der Waals surface area contributed by atoms with Gasteiger partial charge >= 0.3 is 18.1 Å². The molecule has 1 rings (SSSR count). The number of alkyl halides is 3. The summed E-state index contributed by atoms with van der Waals surface area (Å²) >= 11 is 0. The molecule has 1 aromatic carbocycles. The summed E-state index contributed by atoms with van der Waals surface area (Å²) in [4.78, 5) is 23.1. The van der Waals surface area contributed by atoms with E-state index in [0.717, 1.165) is 13.0 Å². The molecule has 138 valence electrons. The molecule has 0 spiro atoms. The zero-order valence-electron chi connectivity index (χ0n) is 13.2. The van der Waals surface area contributed by atoms with E-state index in [-0.39, 0.29) is 5.75 Å². The average molecular weight is 382 g/mol. The molecule has 0 aromatic heterocycles. The van der Waals surface area contributed by atoms with Gasteiger partial charge in [-0.3, -0.25) is 9.35 Å². The van der Waals surface area contributed by atoms with E-state index in [4.69, 9.17) is 9.29 Å². The van der Waals surface area contributed by atoms with E-state index in [1.54, 1.807) is 7.85 Å². The summed E-state index contributed by atoms with van der Waals surface area (Å²) < 4.78 is 77.4. The number of benzene rings is 1. The van der Waals surface area contributed by atoms with Crippen LogP contribution in [0.1, 0.15) is 22.8 Å². The Morgan fingerprint density at radius 2 is 1.92 bits per heavy atom. The molecule has 1 unspecified atom stereocenters. The molecule has 1 atom stereocenters. The van der Waals surface area contributed by atoms with Crippen LogP contribution < -0.4 is 4.74 Å². The summed E-state index contributed by atoms with van der Waals surface area (Å²) in [5.41, 5.74) is 0.148. The van der Waals surface area contributed by atoms with E-state index in [0.29, 0.717) is 11.9 Å². The summed E-state index contributed by atoms with van der Waals surface area (Å²) in [7, 11) is -3.30. The summed E-state index contributed by atoms with van der Waals surface area (Å²) in [5.74, 6) is -4.53. The van der Waals surface area contributed by atoms with Crippen LogP contribution in [0, 0.1) is 0 Å². The third kappa shape index (κ3) is 6.74. The van der Waals surface area contributed by atoms with Crippen molar-refractivity contribution in [2.45, 2.75) is 25.5 Å². The van der Waals surface area contributed by atoms with Crippen molar-refractivity contribution in [2.75, 3.05) is 5.75 Å². The third-order valence-corrected chi connectivity index (χ3v) is 3.63. The molecule has 0 amide bonds. The SMILES string of the molecule is BCc1ccc(C(=O)OC(CS(=O)(=O)O)C(F)(F)F)c(OC(C)=O)c1. The molecule has 0 bridgehead atoms. The van der Waals surface area contributed by atoms with Gasteiger partial charge in [0.05, 0.1) is 0 Å². The van der Waals surface area contributed by atoms with E-state index >= 15 is 0 Å². The highest BCUT2D eigenvalue weighted by Crippen LogP contribution is 2.28. The number of hydrogen-bond donors (Lipinski definition) is 1. The molecule has 0 aliphatic carbocycles. The fourth-order valence-corrected chi connectivity index (χ4v) is 2.41. The Morgan fingerprint density at radius 3 is 2.36 bits per heavy atom. The van der Waals surface area contributed by atoms with Crippen molar-refractivity contribution >= 4 is 29.9 Å². The van der Waals surface area contributed by atoms with Gasteiger partial charge in [0, 0.05) is 6.92 Å². The Bertz CT molecular complexity index is 761. The minimum atomic E-state index is -5.23. The van der Waals surface area contributed by atoms with Crippen molar-refractivity contribution in [3.05, 3.63) is 29.3 Å². The Morgan fingerprint density at radius 1 is 1.32 bits per heavy atom. The summed E-state index contributed by atoms with van der Waals surface area (Å²) in [6.45, 7) is 1.03. The molecule has 0 aliphatic rings. The average Bonchev–Trinajstić information content (AvgIpc) is 2.43. The lowest BCUT2D eigenvalue weighted by molar-refractivity contribution is -0.197. The monoisotopic (exact) mass is 382 g/mol. The quantitative estimate of drug-likeness (QED) is 0.334. The minimum Gasteiger partial charge on any atom is -0.448 e. The van der Waals surface area contributed by atoms with Crippen molar-refractivity contribution in [3.63, 3.8) is 0 Å².